The number of rotatable bonds is 1. The van der Waals surface area contributed by atoms with Gasteiger partial charge in [0.25, 0.3) is 5.56 Å². The monoisotopic (exact) mass is 253 g/mol. The Hall–Kier alpha value is -2.69. The lowest BCUT2D eigenvalue weighted by Gasteiger charge is -1.97. The molecule has 0 aliphatic heterocycles. The van der Waals surface area contributed by atoms with Gasteiger partial charge in [0, 0.05) is 11.8 Å². The summed E-state index contributed by atoms with van der Waals surface area (Å²) < 4.78 is 1.21. The van der Waals surface area contributed by atoms with Gasteiger partial charge >= 0.3 is 0 Å². The molecular formula is C14H11N3O2. The van der Waals surface area contributed by atoms with Crippen LogP contribution in [0.4, 0.5) is 0 Å². The molecule has 5 nitrogen and oxygen atoms in total. The summed E-state index contributed by atoms with van der Waals surface area (Å²) in [6.07, 6.45) is 2.98. The molecular weight excluding hydrogens is 242 g/mol. The van der Waals surface area contributed by atoms with Crippen molar-refractivity contribution in [2.24, 2.45) is 0 Å². The molecule has 19 heavy (non-hydrogen) atoms. The van der Waals surface area contributed by atoms with Crippen LogP contribution in [0.15, 0.2) is 47.5 Å². The summed E-state index contributed by atoms with van der Waals surface area (Å²) in [6, 6.07) is 9.61. The van der Waals surface area contributed by atoms with Crippen LogP contribution in [-0.2, 0) is 0 Å². The smallest absolute Gasteiger partial charge is 0.285 e. The maximum absolute atomic E-state index is 12.1. The molecule has 2 heterocycles. The van der Waals surface area contributed by atoms with E-state index in [9.17, 15) is 9.90 Å². The quantitative estimate of drug-likeness (QED) is 0.706. The van der Waals surface area contributed by atoms with E-state index in [4.69, 9.17) is 0 Å². The number of benzene rings is 1. The van der Waals surface area contributed by atoms with Gasteiger partial charge in [0.05, 0.1) is 11.4 Å². The number of aliphatic hydroxyl groups excluding tert-OH is 1. The summed E-state index contributed by atoms with van der Waals surface area (Å²) in [6.45, 7) is 1.45. The average Bonchev–Trinajstić information content (AvgIpc) is 2.84. The maximum atomic E-state index is 12.1. The highest BCUT2D eigenvalue weighted by Gasteiger charge is 2.10. The minimum Gasteiger partial charge on any atom is -0.512 e. The van der Waals surface area contributed by atoms with E-state index in [2.05, 4.69) is 10.1 Å². The first-order valence-electron chi connectivity index (χ1n) is 5.80. The van der Waals surface area contributed by atoms with Crippen molar-refractivity contribution in [1.82, 2.24) is 14.6 Å². The predicted octanol–water partition coefficient (Wildman–Crippen LogP) is 1.16. The average molecular weight is 253 g/mol. The van der Waals surface area contributed by atoms with Crippen molar-refractivity contribution >= 4 is 11.4 Å². The molecule has 0 saturated carbocycles. The first-order valence-corrected chi connectivity index (χ1v) is 5.80. The van der Waals surface area contributed by atoms with Gasteiger partial charge < -0.3 is 5.11 Å². The van der Waals surface area contributed by atoms with Crippen LogP contribution in [0.5, 0.6) is 0 Å². The summed E-state index contributed by atoms with van der Waals surface area (Å²) in [5.41, 5.74) is 1.86. The zero-order valence-electron chi connectivity index (χ0n) is 10.2. The van der Waals surface area contributed by atoms with Crippen LogP contribution in [0, 0.1) is 0 Å². The van der Waals surface area contributed by atoms with Crippen LogP contribution in [0.3, 0.4) is 0 Å². The van der Waals surface area contributed by atoms with E-state index in [-0.39, 0.29) is 16.5 Å². The number of fused-ring (bicyclic) bond motifs is 1. The van der Waals surface area contributed by atoms with Crippen molar-refractivity contribution in [1.29, 1.82) is 0 Å². The summed E-state index contributed by atoms with van der Waals surface area (Å²) in [7, 11) is 0. The third kappa shape index (κ3) is 1.76. The number of aromatic nitrogens is 3. The molecule has 3 rings (SSSR count). The van der Waals surface area contributed by atoms with Crippen LogP contribution >= 0.6 is 0 Å². The second kappa shape index (κ2) is 4.20. The van der Waals surface area contributed by atoms with Gasteiger partial charge in [0.15, 0.2) is 5.65 Å². The Morgan fingerprint density at radius 2 is 1.95 bits per heavy atom. The Balaban J connectivity index is 2.36. The lowest BCUT2D eigenvalue weighted by molar-refractivity contribution is 0.497. The molecule has 0 aliphatic rings. The molecule has 5 heteroatoms. The Labute approximate surface area is 108 Å². The fraction of sp³-hybridized carbons (Fsp3) is 0.0714. The number of hydrogen-bond donors (Lipinski definition) is 1. The molecule has 1 N–H and O–H groups in total. The van der Waals surface area contributed by atoms with Crippen LogP contribution in [0.25, 0.3) is 22.5 Å². The predicted molar refractivity (Wildman–Crippen MR) is 71.6 cm³/mol. The third-order valence-corrected chi connectivity index (χ3v) is 2.96. The summed E-state index contributed by atoms with van der Waals surface area (Å²) in [5.74, 6) is -0.0591. The largest absolute Gasteiger partial charge is 0.512 e. The normalized spacial score (nSPS) is 12.7. The summed E-state index contributed by atoms with van der Waals surface area (Å²) in [5, 5.41) is 13.6. The molecule has 94 valence electrons. The van der Waals surface area contributed by atoms with Gasteiger partial charge in [-0.05, 0) is 12.5 Å². The molecule has 0 radical (unpaired) electrons. The highest BCUT2D eigenvalue weighted by Crippen LogP contribution is 2.21. The molecule has 0 fully saturated rings. The van der Waals surface area contributed by atoms with Crippen LogP contribution < -0.4 is 10.8 Å². The van der Waals surface area contributed by atoms with Gasteiger partial charge in [-0.25, -0.2) is 4.98 Å². The van der Waals surface area contributed by atoms with E-state index >= 15 is 0 Å². The molecule has 0 unspecified atom stereocenters. The van der Waals surface area contributed by atoms with Crippen molar-refractivity contribution in [2.75, 3.05) is 0 Å². The van der Waals surface area contributed by atoms with E-state index in [0.717, 1.165) is 11.1 Å². The van der Waals surface area contributed by atoms with Gasteiger partial charge in [-0.1, -0.05) is 30.3 Å². The number of nitrogens with zero attached hydrogens (tertiary/aromatic N) is 3. The number of hydrogen-bond acceptors (Lipinski definition) is 4. The molecule has 3 aromatic rings. The third-order valence-electron chi connectivity index (χ3n) is 2.96. The molecule has 0 aliphatic carbocycles. The van der Waals surface area contributed by atoms with Crippen molar-refractivity contribution in [3.8, 4) is 11.1 Å². The Morgan fingerprint density at radius 1 is 1.21 bits per heavy atom. The minimum absolute atomic E-state index is 0.0591. The molecule has 0 amide bonds. The Morgan fingerprint density at radius 3 is 2.63 bits per heavy atom. The molecule has 0 saturated heterocycles. The topological polar surface area (TPSA) is 67.5 Å². The van der Waals surface area contributed by atoms with Gasteiger partial charge in [-0.3, -0.25) is 4.79 Å². The molecule has 2 aromatic heterocycles. The van der Waals surface area contributed by atoms with E-state index in [1.165, 1.54) is 17.6 Å². The minimum atomic E-state index is -0.368. The Bertz CT molecular complexity index is 850. The van der Waals surface area contributed by atoms with E-state index in [0.29, 0.717) is 5.65 Å². The molecule has 1 aromatic carbocycles. The highest BCUT2D eigenvalue weighted by atomic mass is 16.3. The van der Waals surface area contributed by atoms with Gasteiger partial charge in [-0.2, -0.15) is 9.61 Å². The zero-order valence-corrected chi connectivity index (χ0v) is 10.2. The first kappa shape index (κ1) is 11.4. The van der Waals surface area contributed by atoms with Crippen molar-refractivity contribution in [2.45, 2.75) is 6.92 Å². The first-order chi connectivity index (χ1) is 9.18. The van der Waals surface area contributed by atoms with E-state index in [1.807, 2.05) is 30.3 Å². The lowest BCUT2D eigenvalue weighted by atomic mass is 10.1. The summed E-state index contributed by atoms with van der Waals surface area (Å²) in [4.78, 5) is 16.3. The van der Waals surface area contributed by atoms with Crippen LogP contribution in [0.1, 0.15) is 6.92 Å². The van der Waals surface area contributed by atoms with Crippen molar-refractivity contribution in [3.63, 3.8) is 0 Å². The Kier molecular flexibility index (Phi) is 2.52. The van der Waals surface area contributed by atoms with Crippen molar-refractivity contribution in [3.05, 3.63) is 58.3 Å². The van der Waals surface area contributed by atoms with Gasteiger partial charge in [0.2, 0.25) is 0 Å². The molecule has 0 spiro atoms. The van der Waals surface area contributed by atoms with E-state index < -0.39 is 0 Å². The van der Waals surface area contributed by atoms with Crippen LogP contribution in [0.2, 0.25) is 0 Å². The van der Waals surface area contributed by atoms with Crippen molar-refractivity contribution < 1.29 is 5.11 Å². The summed E-state index contributed by atoms with van der Waals surface area (Å²) >= 11 is 0. The van der Waals surface area contributed by atoms with Gasteiger partial charge in [0.1, 0.15) is 5.76 Å². The second-order valence-electron chi connectivity index (χ2n) is 4.22. The SMILES string of the molecule is CC(O)=c1cnc2c(-c3ccccc3)cnn2c1=O. The maximum Gasteiger partial charge on any atom is 0.285 e. The molecule has 0 bridgehead atoms. The zero-order chi connectivity index (χ0) is 13.4. The fourth-order valence-electron chi connectivity index (χ4n) is 1.98. The lowest BCUT2D eigenvalue weighted by Crippen LogP contribution is -2.33. The number of aliphatic hydroxyl groups is 1. The van der Waals surface area contributed by atoms with Crippen LogP contribution in [-0.4, -0.2) is 19.7 Å². The second-order valence-corrected chi connectivity index (χ2v) is 4.22. The van der Waals surface area contributed by atoms with E-state index in [1.54, 1.807) is 6.20 Å². The standard InChI is InChI=1S/C14H11N3O2/c1-9(18)11-7-15-13-12(8-16-17(13)14(11)19)10-5-3-2-4-6-10/h2-8,18H,1H3. The molecule has 0 atom stereocenters. The fourth-order valence-corrected chi connectivity index (χ4v) is 1.98. The van der Waals surface area contributed by atoms with Gasteiger partial charge in [-0.15, -0.1) is 0 Å². The highest BCUT2D eigenvalue weighted by molar-refractivity contribution is 5.76.